The second-order valence-electron chi connectivity index (χ2n) is 2.92. The Balaban J connectivity index is 0.000000720. The molecule has 0 bridgehead atoms. The first-order valence-corrected chi connectivity index (χ1v) is 4.57. The molecule has 4 N–H and O–H groups in total. The number of nitrogen functional groups attached to an aromatic ring is 1. The molecule has 0 spiro atoms. The number of rotatable bonds is 0. The Morgan fingerprint density at radius 1 is 1.50 bits per heavy atom. The third-order valence-electron chi connectivity index (χ3n) is 1.99. The van der Waals surface area contributed by atoms with Crippen molar-refractivity contribution in [2.24, 2.45) is 5.73 Å². The van der Waals surface area contributed by atoms with Crippen molar-refractivity contribution in [1.82, 2.24) is 4.98 Å². The Labute approximate surface area is 85.9 Å². The van der Waals surface area contributed by atoms with E-state index in [9.17, 15) is 0 Å². The smallest absolute Gasteiger partial charge is 0.180 e. The van der Waals surface area contributed by atoms with Crippen LogP contribution in [0.25, 0.3) is 0 Å². The number of nitrogens with zero attached hydrogens (tertiary/aromatic N) is 1. The zero-order valence-corrected chi connectivity index (χ0v) is 9.15. The van der Waals surface area contributed by atoms with Gasteiger partial charge in [0.25, 0.3) is 0 Å². The highest BCUT2D eigenvalue weighted by Gasteiger charge is 2.18. The van der Waals surface area contributed by atoms with Crippen molar-refractivity contribution in [3.63, 3.8) is 0 Å². The fourth-order valence-corrected chi connectivity index (χ4v) is 2.39. The van der Waals surface area contributed by atoms with Gasteiger partial charge in [0.15, 0.2) is 5.13 Å². The lowest BCUT2D eigenvalue weighted by atomic mass is 9.99. The van der Waals surface area contributed by atoms with E-state index in [2.05, 4.69) is 4.98 Å². The van der Waals surface area contributed by atoms with E-state index < -0.39 is 0 Å². The van der Waals surface area contributed by atoms with Crippen molar-refractivity contribution in [3.8, 4) is 0 Å². The maximum atomic E-state index is 5.80. The van der Waals surface area contributed by atoms with Crippen LogP contribution in [0.3, 0.4) is 0 Å². The van der Waals surface area contributed by atoms with Crippen LogP contribution in [0.5, 0.6) is 0 Å². The predicted molar refractivity (Wildman–Crippen MR) is 56.8 cm³/mol. The number of halogens is 1. The molecule has 12 heavy (non-hydrogen) atoms. The van der Waals surface area contributed by atoms with E-state index in [4.69, 9.17) is 11.5 Å². The molecule has 0 amide bonds. The van der Waals surface area contributed by atoms with Gasteiger partial charge in [0.2, 0.25) is 0 Å². The molecule has 0 saturated carbocycles. The zero-order chi connectivity index (χ0) is 7.84. The summed E-state index contributed by atoms with van der Waals surface area (Å²) in [5.41, 5.74) is 12.5. The molecule has 1 aliphatic rings. The van der Waals surface area contributed by atoms with Gasteiger partial charge in [0.05, 0.1) is 5.69 Å². The molecule has 0 fully saturated rings. The first-order valence-electron chi connectivity index (χ1n) is 3.75. The van der Waals surface area contributed by atoms with Crippen LogP contribution in [0.2, 0.25) is 0 Å². The van der Waals surface area contributed by atoms with E-state index in [1.165, 1.54) is 10.6 Å². The van der Waals surface area contributed by atoms with Crippen molar-refractivity contribution < 1.29 is 0 Å². The van der Waals surface area contributed by atoms with Crippen LogP contribution in [0.1, 0.15) is 17.0 Å². The van der Waals surface area contributed by atoms with Crippen molar-refractivity contribution in [2.75, 3.05) is 5.73 Å². The van der Waals surface area contributed by atoms with Crippen LogP contribution in [0.4, 0.5) is 5.13 Å². The molecule has 2 rings (SSSR count). The fourth-order valence-electron chi connectivity index (χ4n) is 1.42. The van der Waals surface area contributed by atoms with Gasteiger partial charge in [-0.1, -0.05) is 0 Å². The minimum absolute atomic E-state index is 0. The lowest BCUT2D eigenvalue weighted by molar-refractivity contribution is 0.576. The Morgan fingerprint density at radius 3 is 3.00 bits per heavy atom. The molecule has 0 radical (unpaired) electrons. The summed E-state index contributed by atoms with van der Waals surface area (Å²) in [6, 6.07) is 0.322. The minimum Gasteiger partial charge on any atom is -0.375 e. The maximum Gasteiger partial charge on any atom is 0.180 e. The summed E-state index contributed by atoms with van der Waals surface area (Å²) >= 11 is 1.58. The molecular weight excluding hydrogens is 238 g/mol. The average molecular weight is 250 g/mol. The van der Waals surface area contributed by atoms with Crippen molar-refractivity contribution >= 4 is 33.4 Å². The summed E-state index contributed by atoms with van der Waals surface area (Å²) in [6.07, 6.45) is 3.02. The number of fused-ring (bicyclic) bond motifs is 1. The summed E-state index contributed by atoms with van der Waals surface area (Å²) in [5.74, 6) is 0. The minimum atomic E-state index is 0. The molecular formula is C7H12BrN3S. The number of aryl methyl sites for hydroxylation is 1. The molecule has 1 unspecified atom stereocenters. The van der Waals surface area contributed by atoms with Gasteiger partial charge in [0, 0.05) is 10.9 Å². The number of aromatic nitrogens is 1. The van der Waals surface area contributed by atoms with E-state index in [0.29, 0.717) is 11.2 Å². The van der Waals surface area contributed by atoms with Gasteiger partial charge in [-0.15, -0.1) is 28.3 Å². The van der Waals surface area contributed by atoms with Gasteiger partial charge in [0.1, 0.15) is 0 Å². The Kier molecular flexibility index (Phi) is 3.09. The molecule has 1 atom stereocenters. The van der Waals surface area contributed by atoms with Crippen molar-refractivity contribution in [1.29, 1.82) is 0 Å². The topological polar surface area (TPSA) is 64.9 Å². The molecule has 0 saturated heterocycles. The highest BCUT2D eigenvalue weighted by atomic mass is 79.9. The summed E-state index contributed by atoms with van der Waals surface area (Å²) in [4.78, 5) is 5.52. The largest absolute Gasteiger partial charge is 0.375 e. The third kappa shape index (κ3) is 1.78. The lowest BCUT2D eigenvalue weighted by Crippen LogP contribution is -2.26. The molecule has 1 aromatic heterocycles. The highest BCUT2D eigenvalue weighted by Crippen LogP contribution is 2.27. The van der Waals surface area contributed by atoms with Crippen LogP contribution in [0, 0.1) is 0 Å². The number of hydrogen-bond acceptors (Lipinski definition) is 4. The first kappa shape index (κ1) is 9.95. The second-order valence-corrected chi connectivity index (χ2v) is 4.04. The zero-order valence-electron chi connectivity index (χ0n) is 6.62. The standard InChI is InChI=1S/C7H11N3S.BrH/c8-4-1-2-5-6(3-4)11-7(9)10-5;/h4H,1-3,8H2,(H2,9,10);1H. The third-order valence-corrected chi connectivity index (χ3v) is 2.94. The van der Waals surface area contributed by atoms with E-state index in [-0.39, 0.29) is 17.0 Å². The average Bonchev–Trinajstić information content (AvgIpc) is 2.27. The SMILES string of the molecule is Br.Nc1nc2c(s1)CC(N)CC2. The van der Waals surface area contributed by atoms with Gasteiger partial charge >= 0.3 is 0 Å². The molecule has 1 aromatic rings. The highest BCUT2D eigenvalue weighted by molar-refractivity contribution is 8.93. The second kappa shape index (κ2) is 3.72. The van der Waals surface area contributed by atoms with Crippen LogP contribution in [-0.2, 0) is 12.8 Å². The number of anilines is 1. The van der Waals surface area contributed by atoms with Crippen LogP contribution in [0.15, 0.2) is 0 Å². The predicted octanol–water partition coefficient (Wildman–Crippen LogP) is 1.12. The van der Waals surface area contributed by atoms with Crippen LogP contribution in [-0.4, -0.2) is 11.0 Å². The molecule has 1 heterocycles. The summed E-state index contributed by atoms with van der Waals surface area (Å²) < 4.78 is 0. The van der Waals surface area contributed by atoms with Gasteiger partial charge in [-0.05, 0) is 19.3 Å². The fraction of sp³-hybridized carbons (Fsp3) is 0.571. The van der Waals surface area contributed by atoms with Gasteiger partial charge < -0.3 is 11.5 Å². The maximum absolute atomic E-state index is 5.80. The molecule has 0 aliphatic heterocycles. The van der Waals surface area contributed by atoms with Crippen molar-refractivity contribution in [3.05, 3.63) is 10.6 Å². The number of nitrogens with two attached hydrogens (primary N) is 2. The summed E-state index contributed by atoms with van der Waals surface area (Å²) in [5, 5.41) is 0.684. The Hall–Kier alpha value is -0.130. The Bertz CT molecular complexity index is 274. The number of thiazole rings is 1. The lowest BCUT2D eigenvalue weighted by Gasteiger charge is -2.15. The van der Waals surface area contributed by atoms with Gasteiger partial charge in [-0.3, -0.25) is 0 Å². The van der Waals surface area contributed by atoms with E-state index in [1.54, 1.807) is 11.3 Å². The normalized spacial score (nSPS) is 21.2. The Morgan fingerprint density at radius 2 is 2.25 bits per heavy atom. The van der Waals surface area contributed by atoms with Gasteiger partial charge in [-0.2, -0.15) is 0 Å². The first-order chi connectivity index (χ1) is 5.25. The summed E-state index contributed by atoms with van der Waals surface area (Å²) in [7, 11) is 0. The monoisotopic (exact) mass is 249 g/mol. The van der Waals surface area contributed by atoms with E-state index in [0.717, 1.165) is 19.3 Å². The molecule has 0 aromatic carbocycles. The molecule has 5 heteroatoms. The molecule has 68 valence electrons. The molecule has 1 aliphatic carbocycles. The molecule has 3 nitrogen and oxygen atoms in total. The van der Waals surface area contributed by atoms with Gasteiger partial charge in [-0.25, -0.2) is 4.98 Å². The van der Waals surface area contributed by atoms with Crippen LogP contribution >= 0.6 is 28.3 Å². The van der Waals surface area contributed by atoms with Crippen molar-refractivity contribution in [2.45, 2.75) is 25.3 Å². The quantitative estimate of drug-likeness (QED) is 0.725. The number of hydrogen-bond donors (Lipinski definition) is 2. The summed E-state index contributed by atoms with van der Waals surface area (Å²) in [6.45, 7) is 0. The van der Waals surface area contributed by atoms with E-state index >= 15 is 0 Å². The van der Waals surface area contributed by atoms with E-state index in [1.807, 2.05) is 0 Å². The van der Waals surface area contributed by atoms with Crippen LogP contribution < -0.4 is 11.5 Å².